The number of rotatable bonds is 5. The lowest BCUT2D eigenvalue weighted by molar-refractivity contribution is -0.143. The van der Waals surface area contributed by atoms with Crippen molar-refractivity contribution in [3.05, 3.63) is 29.6 Å². The minimum absolute atomic E-state index is 0.158. The van der Waals surface area contributed by atoms with Gasteiger partial charge in [0.1, 0.15) is 17.6 Å². The summed E-state index contributed by atoms with van der Waals surface area (Å²) in [6.45, 7) is 3.56. The van der Waals surface area contributed by atoms with E-state index in [9.17, 15) is 14.3 Å². The molecule has 1 aromatic rings. The van der Waals surface area contributed by atoms with E-state index in [0.29, 0.717) is 12.0 Å². The molecule has 2 N–H and O–H groups in total. The predicted molar refractivity (Wildman–Crippen MR) is 66.0 cm³/mol. The monoisotopic (exact) mass is 255 g/mol. The molecule has 0 aliphatic rings. The van der Waals surface area contributed by atoms with E-state index < -0.39 is 17.8 Å². The maximum atomic E-state index is 12.9. The lowest BCUT2D eigenvalue weighted by atomic mass is 10.0. The van der Waals surface area contributed by atoms with Crippen molar-refractivity contribution in [2.75, 3.05) is 7.05 Å². The quantitative estimate of drug-likeness (QED) is 0.848. The number of aromatic hydroxyl groups is 1. The lowest BCUT2D eigenvalue weighted by Gasteiger charge is -2.30. The average Bonchev–Trinajstić information content (AvgIpc) is 2.28. The Balaban J connectivity index is 2.98. The van der Waals surface area contributed by atoms with Crippen molar-refractivity contribution < 1.29 is 19.4 Å². The van der Waals surface area contributed by atoms with Crippen LogP contribution in [0.4, 0.5) is 4.39 Å². The summed E-state index contributed by atoms with van der Waals surface area (Å²) in [7, 11) is 1.68. The largest absolute Gasteiger partial charge is 0.508 e. The number of carboxylic acids is 1. The van der Waals surface area contributed by atoms with Gasteiger partial charge in [0.2, 0.25) is 0 Å². The number of phenolic OH excluding ortho intramolecular Hbond substituents is 1. The van der Waals surface area contributed by atoms with Gasteiger partial charge in [-0.05, 0) is 26.5 Å². The van der Waals surface area contributed by atoms with Gasteiger partial charge in [-0.1, -0.05) is 13.0 Å². The lowest BCUT2D eigenvalue weighted by Crippen LogP contribution is -2.39. The maximum Gasteiger partial charge on any atom is 0.320 e. The van der Waals surface area contributed by atoms with E-state index in [-0.39, 0.29) is 11.8 Å². The second-order valence-corrected chi connectivity index (χ2v) is 4.31. The van der Waals surface area contributed by atoms with E-state index in [4.69, 9.17) is 5.11 Å². The first-order chi connectivity index (χ1) is 8.38. The standard InChI is InChI=1S/C13H18FNO3/c1-4-11(13(17)18)15(3)8(2)10-6-5-9(14)7-12(10)16/h5-8,11,16H,4H2,1-3H3,(H,17,18). The van der Waals surface area contributed by atoms with Crippen LogP contribution < -0.4 is 0 Å². The molecule has 2 unspecified atom stereocenters. The number of phenols is 1. The number of hydrogen-bond donors (Lipinski definition) is 2. The van der Waals surface area contributed by atoms with Crippen LogP contribution in [0.2, 0.25) is 0 Å². The van der Waals surface area contributed by atoms with E-state index in [2.05, 4.69) is 0 Å². The molecule has 0 aliphatic heterocycles. The first-order valence-electron chi connectivity index (χ1n) is 5.81. The molecule has 0 bridgehead atoms. The molecule has 4 nitrogen and oxygen atoms in total. The Bertz CT molecular complexity index is 436. The van der Waals surface area contributed by atoms with Gasteiger partial charge in [-0.3, -0.25) is 9.69 Å². The molecular formula is C13H18FNO3. The molecule has 0 saturated carbocycles. The van der Waals surface area contributed by atoms with Gasteiger partial charge in [-0.15, -0.1) is 0 Å². The molecule has 0 aliphatic carbocycles. The van der Waals surface area contributed by atoms with Crippen molar-refractivity contribution >= 4 is 5.97 Å². The summed E-state index contributed by atoms with van der Waals surface area (Å²) in [5, 5.41) is 18.8. The summed E-state index contributed by atoms with van der Waals surface area (Å²) in [6.07, 6.45) is 0.456. The van der Waals surface area contributed by atoms with E-state index in [0.717, 1.165) is 6.07 Å². The minimum Gasteiger partial charge on any atom is -0.508 e. The molecule has 0 fully saturated rings. The summed E-state index contributed by atoms with van der Waals surface area (Å²) in [6, 6.07) is 2.80. The highest BCUT2D eigenvalue weighted by molar-refractivity contribution is 5.73. The van der Waals surface area contributed by atoms with Crippen molar-refractivity contribution in [1.29, 1.82) is 0 Å². The Morgan fingerprint density at radius 2 is 2.11 bits per heavy atom. The van der Waals surface area contributed by atoms with Crippen LogP contribution in [-0.4, -0.2) is 34.2 Å². The van der Waals surface area contributed by atoms with E-state index in [1.165, 1.54) is 12.1 Å². The third kappa shape index (κ3) is 2.98. The van der Waals surface area contributed by atoms with Crippen molar-refractivity contribution in [2.45, 2.75) is 32.4 Å². The number of aliphatic carboxylic acids is 1. The Labute approximate surface area is 106 Å². The van der Waals surface area contributed by atoms with Crippen molar-refractivity contribution in [3.63, 3.8) is 0 Å². The Hall–Kier alpha value is -1.62. The summed E-state index contributed by atoms with van der Waals surface area (Å²) < 4.78 is 12.9. The van der Waals surface area contributed by atoms with Crippen LogP contribution in [0.3, 0.4) is 0 Å². The van der Waals surface area contributed by atoms with Gasteiger partial charge in [0, 0.05) is 17.7 Å². The first kappa shape index (κ1) is 14.4. The average molecular weight is 255 g/mol. The van der Waals surface area contributed by atoms with Crippen LogP contribution in [0.5, 0.6) is 5.75 Å². The normalized spacial score (nSPS) is 14.5. The minimum atomic E-state index is -0.909. The van der Waals surface area contributed by atoms with Crippen LogP contribution in [0, 0.1) is 5.82 Å². The summed E-state index contributed by atoms with van der Waals surface area (Å²) in [5.41, 5.74) is 0.513. The fourth-order valence-corrected chi connectivity index (χ4v) is 2.00. The highest BCUT2D eigenvalue weighted by Crippen LogP contribution is 2.29. The Morgan fingerprint density at radius 3 is 2.56 bits per heavy atom. The summed E-state index contributed by atoms with van der Waals surface area (Å²) >= 11 is 0. The maximum absolute atomic E-state index is 12.9. The topological polar surface area (TPSA) is 60.8 Å². The van der Waals surface area contributed by atoms with Crippen LogP contribution >= 0.6 is 0 Å². The molecule has 1 aromatic carbocycles. The molecule has 2 atom stereocenters. The van der Waals surface area contributed by atoms with Gasteiger partial charge in [0.15, 0.2) is 0 Å². The number of nitrogens with zero attached hydrogens (tertiary/aromatic N) is 1. The zero-order valence-electron chi connectivity index (χ0n) is 10.7. The van der Waals surface area contributed by atoms with Gasteiger partial charge in [-0.2, -0.15) is 0 Å². The fraction of sp³-hybridized carbons (Fsp3) is 0.462. The van der Waals surface area contributed by atoms with Crippen LogP contribution in [0.15, 0.2) is 18.2 Å². The first-order valence-corrected chi connectivity index (χ1v) is 5.81. The number of carbonyl (C=O) groups is 1. The molecule has 0 amide bonds. The zero-order chi connectivity index (χ0) is 13.9. The van der Waals surface area contributed by atoms with Crippen LogP contribution in [0.1, 0.15) is 31.9 Å². The van der Waals surface area contributed by atoms with Crippen LogP contribution in [-0.2, 0) is 4.79 Å². The molecule has 0 heterocycles. The smallest absolute Gasteiger partial charge is 0.320 e. The van der Waals surface area contributed by atoms with Gasteiger partial charge in [-0.25, -0.2) is 4.39 Å². The Morgan fingerprint density at radius 1 is 1.50 bits per heavy atom. The summed E-state index contributed by atoms with van der Waals surface area (Å²) in [5.74, 6) is -1.58. The molecule has 0 aromatic heterocycles. The van der Waals surface area contributed by atoms with Crippen molar-refractivity contribution in [3.8, 4) is 5.75 Å². The summed E-state index contributed by atoms with van der Waals surface area (Å²) in [4.78, 5) is 12.7. The number of benzene rings is 1. The third-order valence-electron chi connectivity index (χ3n) is 3.22. The second-order valence-electron chi connectivity index (χ2n) is 4.31. The van der Waals surface area contributed by atoms with E-state index in [1.807, 2.05) is 0 Å². The number of carboxylic acid groups (broad SMARTS) is 1. The molecule has 18 heavy (non-hydrogen) atoms. The third-order valence-corrected chi connectivity index (χ3v) is 3.22. The van der Waals surface area contributed by atoms with Crippen LogP contribution in [0.25, 0.3) is 0 Å². The number of hydrogen-bond acceptors (Lipinski definition) is 3. The van der Waals surface area contributed by atoms with Gasteiger partial charge in [0.25, 0.3) is 0 Å². The van der Waals surface area contributed by atoms with E-state index in [1.54, 1.807) is 25.8 Å². The molecule has 0 saturated heterocycles. The van der Waals surface area contributed by atoms with Gasteiger partial charge < -0.3 is 10.2 Å². The zero-order valence-corrected chi connectivity index (χ0v) is 10.7. The molecule has 5 heteroatoms. The van der Waals surface area contributed by atoms with Gasteiger partial charge in [0.05, 0.1) is 0 Å². The number of halogens is 1. The van der Waals surface area contributed by atoms with Gasteiger partial charge >= 0.3 is 5.97 Å². The molecule has 1 rings (SSSR count). The molecule has 0 spiro atoms. The highest BCUT2D eigenvalue weighted by Gasteiger charge is 2.26. The Kier molecular flexibility index (Phi) is 4.67. The van der Waals surface area contributed by atoms with E-state index >= 15 is 0 Å². The highest BCUT2D eigenvalue weighted by atomic mass is 19.1. The molecule has 0 radical (unpaired) electrons. The SMILES string of the molecule is CCC(C(=O)O)N(C)C(C)c1ccc(F)cc1O. The van der Waals surface area contributed by atoms with Crippen molar-refractivity contribution in [2.24, 2.45) is 0 Å². The molecule has 100 valence electrons. The molecular weight excluding hydrogens is 237 g/mol. The second kappa shape index (κ2) is 5.82. The fourth-order valence-electron chi connectivity index (χ4n) is 2.00. The van der Waals surface area contributed by atoms with Crippen molar-refractivity contribution in [1.82, 2.24) is 4.90 Å². The predicted octanol–water partition coefficient (Wildman–Crippen LogP) is 2.39. The number of likely N-dealkylation sites (N-methyl/N-ethyl adjacent to an activating group) is 1.